The van der Waals surface area contributed by atoms with Gasteiger partial charge in [-0.25, -0.2) is 0 Å². The first-order valence-corrected chi connectivity index (χ1v) is 5.74. The van der Waals surface area contributed by atoms with Crippen LogP contribution in [-0.2, 0) is 7.05 Å². The van der Waals surface area contributed by atoms with Gasteiger partial charge in [0.05, 0.1) is 0 Å². The molecule has 0 N–H and O–H groups in total. The predicted octanol–water partition coefficient (Wildman–Crippen LogP) is 1.65. The van der Waals surface area contributed by atoms with E-state index >= 15 is 0 Å². The van der Waals surface area contributed by atoms with Gasteiger partial charge in [-0.1, -0.05) is 6.92 Å². The first-order chi connectivity index (χ1) is 7.79. The number of amides is 1. The molecule has 1 aromatic heterocycles. The van der Waals surface area contributed by atoms with Gasteiger partial charge in [0.25, 0.3) is 11.5 Å². The maximum absolute atomic E-state index is 12.2. The second kappa shape index (κ2) is 4.73. The van der Waals surface area contributed by atoms with Gasteiger partial charge in [0.2, 0.25) is 0 Å². The van der Waals surface area contributed by atoms with Crippen LogP contribution in [0.2, 0.25) is 0 Å². The van der Waals surface area contributed by atoms with E-state index in [1.165, 1.54) is 10.6 Å². The molecule has 0 unspecified atom stereocenters. The monoisotopic (exact) mass is 236 g/mol. The maximum Gasteiger partial charge on any atom is 0.254 e. The fraction of sp³-hybridized carbons (Fsp3) is 0.538. The molecule has 0 aliphatic heterocycles. The molecule has 1 rings (SSSR count). The molecule has 4 heteroatoms. The number of aromatic nitrogens is 1. The van der Waals surface area contributed by atoms with Crippen LogP contribution in [0.25, 0.3) is 0 Å². The van der Waals surface area contributed by atoms with E-state index in [9.17, 15) is 9.59 Å². The Hall–Kier alpha value is -1.58. The van der Waals surface area contributed by atoms with E-state index in [4.69, 9.17) is 0 Å². The zero-order valence-corrected chi connectivity index (χ0v) is 11.2. The molecule has 0 saturated heterocycles. The fourth-order valence-electron chi connectivity index (χ4n) is 1.39. The average Bonchev–Trinajstić information content (AvgIpc) is 2.30. The number of hydrogen-bond acceptors (Lipinski definition) is 2. The Labute approximate surface area is 102 Å². The summed E-state index contributed by atoms with van der Waals surface area (Å²) in [6.07, 6.45) is 2.47. The lowest BCUT2D eigenvalue weighted by Gasteiger charge is -2.34. The lowest BCUT2D eigenvalue weighted by molar-refractivity contribution is 0.0620. The van der Waals surface area contributed by atoms with Gasteiger partial charge < -0.3 is 9.47 Å². The Morgan fingerprint density at radius 3 is 2.53 bits per heavy atom. The molecule has 1 heterocycles. The molecular weight excluding hydrogens is 216 g/mol. The number of nitrogens with zero attached hydrogens (tertiary/aromatic N) is 2. The fourth-order valence-corrected chi connectivity index (χ4v) is 1.39. The van der Waals surface area contributed by atoms with Gasteiger partial charge in [0.15, 0.2) is 0 Å². The highest BCUT2D eigenvalue weighted by atomic mass is 16.2. The Balaban J connectivity index is 3.05. The number of carbonyl (C=O) groups is 1. The minimum absolute atomic E-state index is 0.116. The Morgan fingerprint density at radius 1 is 1.47 bits per heavy atom. The first-order valence-electron chi connectivity index (χ1n) is 5.74. The summed E-state index contributed by atoms with van der Waals surface area (Å²) < 4.78 is 1.45. The minimum atomic E-state index is -0.210. The van der Waals surface area contributed by atoms with E-state index in [-0.39, 0.29) is 17.0 Å². The lowest BCUT2D eigenvalue weighted by atomic mass is 9.99. The standard InChI is InChI=1S/C13H20N2O2/c1-6-13(2,3)15(5)12(17)10-7-8-14(4)11(16)9-10/h7-9H,6H2,1-5H3. The molecule has 17 heavy (non-hydrogen) atoms. The highest BCUT2D eigenvalue weighted by Gasteiger charge is 2.26. The third kappa shape index (κ3) is 2.75. The Bertz CT molecular complexity index is 475. The van der Waals surface area contributed by atoms with Crippen molar-refractivity contribution in [2.75, 3.05) is 7.05 Å². The Kier molecular flexibility index (Phi) is 3.76. The van der Waals surface area contributed by atoms with Crippen LogP contribution in [0.15, 0.2) is 23.1 Å². The highest BCUT2D eigenvalue weighted by Crippen LogP contribution is 2.18. The molecule has 0 atom stereocenters. The highest BCUT2D eigenvalue weighted by molar-refractivity contribution is 5.94. The second-order valence-corrected chi connectivity index (χ2v) is 4.89. The SMILES string of the molecule is CCC(C)(C)N(C)C(=O)c1ccn(C)c(=O)c1. The molecule has 1 amide bonds. The molecule has 0 aromatic carbocycles. The molecule has 0 spiro atoms. The van der Waals surface area contributed by atoms with Crippen molar-refractivity contribution in [1.29, 1.82) is 0 Å². The van der Waals surface area contributed by atoms with Crippen molar-refractivity contribution in [3.63, 3.8) is 0 Å². The van der Waals surface area contributed by atoms with Crippen molar-refractivity contribution in [2.24, 2.45) is 7.05 Å². The van der Waals surface area contributed by atoms with E-state index in [1.54, 1.807) is 31.3 Å². The normalized spacial score (nSPS) is 11.4. The first kappa shape index (κ1) is 13.5. The minimum Gasteiger partial charge on any atom is -0.337 e. The van der Waals surface area contributed by atoms with Gasteiger partial charge in [-0.05, 0) is 26.3 Å². The molecule has 0 fully saturated rings. The summed E-state index contributed by atoms with van der Waals surface area (Å²) >= 11 is 0. The Morgan fingerprint density at radius 2 is 2.06 bits per heavy atom. The summed E-state index contributed by atoms with van der Waals surface area (Å²) in [6.45, 7) is 6.05. The molecule has 4 nitrogen and oxygen atoms in total. The zero-order chi connectivity index (χ0) is 13.2. The zero-order valence-electron chi connectivity index (χ0n) is 11.2. The van der Waals surface area contributed by atoms with E-state index < -0.39 is 0 Å². The smallest absolute Gasteiger partial charge is 0.254 e. The second-order valence-electron chi connectivity index (χ2n) is 4.89. The van der Waals surface area contributed by atoms with Crippen molar-refractivity contribution < 1.29 is 4.79 Å². The van der Waals surface area contributed by atoms with E-state index in [0.29, 0.717) is 5.56 Å². The van der Waals surface area contributed by atoms with Gasteiger partial charge in [-0.3, -0.25) is 9.59 Å². The van der Waals surface area contributed by atoms with Crippen molar-refractivity contribution in [2.45, 2.75) is 32.7 Å². The van der Waals surface area contributed by atoms with Crippen molar-refractivity contribution in [3.8, 4) is 0 Å². The summed E-state index contributed by atoms with van der Waals surface area (Å²) in [5.74, 6) is -0.116. The van der Waals surface area contributed by atoms with E-state index in [2.05, 4.69) is 0 Å². The molecule has 0 radical (unpaired) electrons. The van der Waals surface area contributed by atoms with Crippen LogP contribution in [0, 0.1) is 0 Å². The van der Waals surface area contributed by atoms with Crippen molar-refractivity contribution >= 4 is 5.91 Å². The third-order valence-electron chi connectivity index (χ3n) is 3.43. The summed E-state index contributed by atoms with van der Waals surface area (Å²) in [7, 11) is 3.43. The summed E-state index contributed by atoms with van der Waals surface area (Å²) in [5, 5.41) is 0. The summed E-state index contributed by atoms with van der Waals surface area (Å²) in [4.78, 5) is 25.4. The molecule has 0 bridgehead atoms. The van der Waals surface area contributed by atoms with Gasteiger partial charge in [-0.2, -0.15) is 0 Å². The van der Waals surface area contributed by atoms with E-state index in [0.717, 1.165) is 6.42 Å². The van der Waals surface area contributed by atoms with Crippen LogP contribution < -0.4 is 5.56 Å². The molecule has 1 aromatic rings. The van der Waals surface area contributed by atoms with E-state index in [1.807, 2.05) is 20.8 Å². The number of rotatable bonds is 3. The van der Waals surface area contributed by atoms with Gasteiger partial charge in [-0.15, -0.1) is 0 Å². The lowest BCUT2D eigenvalue weighted by Crippen LogP contribution is -2.44. The van der Waals surface area contributed by atoms with Crippen LogP contribution in [0.1, 0.15) is 37.6 Å². The van der Waals surface area contributed by atoms with Crippen LogP contribution in [0.3, 0.4) is 0 Å². The van der Waals surface area contributed by atoms with Crippen LogP contribution >= 0.6 is 0 Å². The quantitative estimate of drug-likeness (QED) is 0.800. The molecule has 0 saturated carbocycles. The summed E-state index contributed by atoms with van der Waals surface area (Å²) in [5.41, 5.74) is 0.0636. The van der Waals surface area contributed by atoms with Gasteiger partial charge in [0, 0.05) is 37.5 Å². The average molecular weight is 236 g/mol. The largest absolute Gasteiger partial charge is 0.337 e. The number of hydrogen-bond donors (Lipinski definition) is 0. The van der Waals surface area contributed by atoms with Crippen LogP contribution in [-0.4, -0.2) is 28.0 Å². The summed E-state index contributed by atoms with van der Waals surface area (Å²) in [6, 6.07) is 3.05. The number of pyridine rings is 1. The topological polar surface area (TPSA) is 42.3 Å². The van der Waals surface area contributed by atoms with Crippen LogP contribution in [0.4, 0.5) is 0 Å². The predicted molar refractivity (Wildman–Crippen MR) is 68.1 cm³/mol. The molecule has 94 valence electrons. The van der Waals surface area contributed by atoms with Crippen molar-refractivity contribution in [1.82, 2.24) is 9.47 Å². The van der Waals surface area contributed by atoms with Crippen molar-refractivity contribution in [3.05, 3.63) is 34.2 Å². The van der Waals surface area contributed by atoms with Crippen LogP contribution in [0.5, 0.6) is 0 Å². The molecular formula is C13H20N2O2. The molecule has 0 aliphatic carbocycles. The molecule has 0 aliphatic rings. The third-order valence-corrected chi connectivity index (χ3v) is 3.43. The van der Waals surface area contributed by atoms with Gasteiger partial charge >= 0.3 is 0 Å². The van der Waals surface area contributed by atoms with Gasteiger partial charge in [0.1, 0.15) is 0 Å². The number of carbonyl (C=O) groups excluding carboxylic acids is 1. The number of aryl methyl sites for hydroxylation is 1. The maximum atomic E-state index is 12.2.